The third-order valence-corrected chi connectivity index (χ3v) is 11.0. The molecule has 5 rings (SSSR count). The van der Waals surface area contributed by atoms with Gasteiger partial charge in [-0.3, -0.25) is 9.79 Å². The quantitative estimate of drug-likeness (QED) is 0.467. The largest absolute Gasteiger partial charge is 0.481 e. The summed E-state index contributed by atoms with van der Waals surface area (Å²) in [4.78, 5) is 33.3. The number of carbonyl (C=O) groups excluding carboxylic acids is 1. The number of aliphatic carboxylic acids is 1. The predicted octanol–water partition coefficient (Wildman–Crippen LogP) is 3.15. The highest BCUT2D eigenvalue weighted by molar-refractivity contribution is 7.89. The maximum absolute atomic E-state index is 14.6. The highest BCUT2D eigenvalue weighted by Crippen LogP contribution is 2.41. The van der Waals surface area contributed by atoms with Crippen molar-refractivity contribution in [2.75, 3.05) is 20.2 Å². The van der Waals surface area contributed by atoms with Crippen LogP contribution in [0.2, 0.25) is 0 Å². The molecule has 1 unspecified atom stereocenters. The Kier molecular flexibility index (Phi) is 7.77. The summed E-state index contributed by atoms with van der Waals surface area (Å²) < 4.78 is 61.3. The van der Waals surface area contributed by atoms with Gasteiger partial charge in [0.25, 0.3) is 0 Å². The van der Waals surface area contributed by atoms with E-state index in [2.05, 4.69) is 10.3 Å². The number of benzene rings is 1. The van der Waals surface area contributed by atoms with Gasteiger partial charge in [0.2, 0.25) is 10.0 Å². The van der Waals surface area contributed by atoms with Gasteiger partial charge in [0.05, 0.1) is 23.9 Å². The number of hydrogen-bond acceptors (Lipinski definition) is 9. The molecule has 0 bridgehead atoms. The minimum absolute atomic E-state index is 0.0102. The van der Waals surface area contributed by atoms with Crippen molar-refractivity contribution in [2.45, 2.75) is 43.9 Å². The molecular formula is C26H28F2N4O6S2. The molecule has 0 spiro atoms. The van der Waals surface area contributed by atoms with Gasteiger partial charge < -0.3 is 15.2 Å². The number of methoxy groups -OCH3 is 1. The Bertz CT molecular complexity index is 1500. The third-order valence-electron chi connectivity index (χ3n) is 7.88. The van der Waals surface area contributed by atoms with Crippen LogP contribution in [0.15, 0.2) is 40.0 Å². The maximum atomic E-state index is 14.6. The van der Waals surface area contributed by atoms with E-state index in [-0.39, 0.29) is 43.0 Å². The van der Waals surface area contributed by atoms with E-state index in [4.69, 9.17) is 14.8 Å². The molecule has 1 atom stereocenters. The zero-order valence-corrected chi connectivity index (χ0v) is 23.4. The number of carbonyl (C=O) groups is 2. The summed E-state index contributed by atoms with van der Waals surface area (Å²) in [6, 6.07) is 1.37. The number of aliphatic imine (C=N–C) groups is 1. The van der Waals surface area contributed by atoms with Crippen LogP contribution in [0.3, 0.4) is 0 Å². The molecule has 3 aliphatic rings. The molecule has 1 aliphatic carbocycles. The molecule has 2 N–H and O–H groups in total. The normalized spacial score (nSPS) is 24.2. The number of hydrogen-bond donors (Lipinski definition) is 2. The fourth-order valence-corrected chi connectivity index (χ4v) is 8.16. The topological polar surface area (TPSA) is 138 Å². The molecule has 10 nitrogen and oxygen atoms in total. The van der Waals surface area contributed by atoms with E-state index in [0.29, 0.717) is 34.9 Å². The van der Waals surface area contributed by atoms with Crippen molar-refractivity contribution in [2.24, 2.45) is 16.8 Å². The average molecular weight is 595 g/mol. The van der Waals surface area contributed by atoms with E-state index in [9.17, 15) is 26.8 Å². The smallest absolute Gasteiger partial charge is 0.338 e. The Morgan fingerprint density at radius 2 is 1.90 bits per heavy atom. The van der Waals surface area contributed by atoms with Crippen molar-refractivity contribution in [1.82, 2.24) is 14.6 Å². The zero-order chi connectivity index (χ0) is 28.8. The van der Waals surface area contributed by atoms with Crippen LogP contribution >= 0.6 is 11.3 Å². The minimum atomic E-state index is -3.66. The van der Waals surface area contributed by atoms with Crippen LogP contribution < -0.4 is 5.32 Å². The van der Waals surface area contributed by atoms with Crippen molar-refractivity contribution in [3.05, 3.63) is 62.7 Å². The fraction of sp³-hybridized carbons (Fsp3) is 0.462. The van der Waals surface area contributed by atoms with Crippen molar-refractivity contribution < 1.29 is 36.6 Å². The zero-order valence-electron chi connectivity index (χ0n) is 21.8. The maximum Gasteiger partial charge on any atom is 0.338 e. The Morgan fingerprint density at radius 1 is 1.20 bits per heavy atom. The summed E-state index contributed by atoms with van der Waals surface area (Å²) in [6.07, 6.45) is 2.52. The van der Waals surface area contributed by atoms with E-state index in [1.54, 1.807) is 11.6 Å². The van der Waals surface area contributed by atoms with Gasteiger partial charge in [-0.25, -0.2) is 31.3 Å². The van der Waals surface area contributed by atoms with Crippen LogP contribution in [0.4, 0.5) is 8.78 Å². The lowest BCUT2D eigenvalue weighted by molar-refractivity contribution is -0.144. The number of amidine groups is 1. The predicted molar refractivity (Wildman–Crippen MR) is 142 cm³/mol. The lowest BCUT2D eigenvalue weighted by atomic mass is 9.85. The fourth-order valence-electron chi connectivity index (χ4n) is 5.48. The molecule has 214 valence electrons. The number of nitrogens with zero attached hydrogens (tertiary/aromatic N) is 3. The van der Waals surface area contributed by atoms with Crippen LogP contribution in [0.1, 0.15) is 47.9 Å². The number of piperidine rings is 1. The van der Waals surface area contributed by atoms with E-state index in [0.717, 1.165) is 6.07 Å². The van der Waals surface area contributed by atoms with Crippen molar-refractivity contribution >= 4 is 39.1 Å². The summed E-state index contributed by atoms with van der Waals surface area (Å²) in [7, 11) is -2.44. The van der Waals surface area contributed by atoms with Gasteiger partial charge >= 0.3 is 11.9 Å². The molecule has 1 saturated carbocycles. The highest BCUT2D eigenvalue weighted by atomic mass is 32.2. The number of aromatic nitrogens is 1. The number of thiazole rings is 1. The summed E-state index contributed by atoms with van der Waals surface area (Å²) in [5, 5.41) is 13.9. The molecule has 1 aromatic heterocycles. The number of nitrogens with one attached hydrogen (secondary N) is 1. The summed E-state index contributed by atoms with van der Waals surface area (Å²) in [6.45, 7) is 1.78. The van der Waals surface area contributed by atoms with Crippen LogP contribution in [-0.4, -0.2) is 66.0 Å². The van der Waals surface area contributed by atoms with Crippen molar-refractivity contribution in [3.8, 4) is 0 Å². The Balaban J connectivity index is 1.48. The van der Waals surface area contributed by atoms with Gasteiger partial charge in [0.1, 0.15) is 6.04 Å². The Morgan fingerprint density at radius 3 is 2.50 bits per heavy atom. The van der Waals surface area contributed by atoms with Crippen LogP contribution in [0, 0.1) is 30.4 Å². The van der Waals surface area contributed by atoms with E-state index in [1.807, 2.05) is 0 Å². The molecule has 40 heavy (non-hydrogen) atoms. The third kappa shape index (κ3) is 5.03. The monoisotopic (exact) mass is 594 g/mol. The van der Waals surface area contributed by atoms with Gasteiger partial charge in [-0.05, 0) is 49.8 Å². The summed E-state index contributed by atoms with van der Waals surface area (Å²) in [5.41, 5.74) is 0.927. The average Bonchev–Trinajstić information content (AvgIpc) is 3.45. The van der Waals surface area contributed by atoms with E-state index >= 15 is 0 Å². The van der Waals surface area contributed by atoms with Gasteiger partial charge in [0, 0.05) is 36.3 Å². The number of rotatable bonds is 7. The highest BCUT2D eigenvalue weighted by Gasteiger charge is 2.46. The first-order chi connectivity index (χ1) is 19.0. The number of allylic oxidation sites excluding steroid dienone is 1. The molecular weight excluding hydrogens is 566 g/mol. The van der Waals surface area contributed by atoms with E-state index < -0.39 is 50.8 Å². The van der Waals surface area contributed by atoms with Gasteiger partial charge in [-0.15, -0.1) is 11.3 Å². The van der Waals surface area contributed by atoms with Crippen molar-refractivity contribution in [1.29, 1.82) is 0 Å². The van der Waals surface area contributed by atoms with Crippen LogP contribution in [0.5, 0.6) is 0 Å². The van der Waals surface area contributed by atoms with E-state index in [1.165, 1.54) is 35.7 Å². The molecule has 1 aromatic carbocycles. The second-order valence-electron chi connectivity index (χ2n) is 10.1. The second kappa shape index (κ2) is 11.0. The first-order valence-corrected chi connectivity index (χ1v) is 15.1. The summed E-state index contributed by atoms with van der Waals surface area (Å²) >= 11 is 1.31. The number of sulfonamides is 1. The van der Waals surface area contributed by atoms with Crippen molar-refractivity contribution in [3.63, 3.8) is 0 Å². The second-order valence-corrected chi connectivity index (χ2v) is 13.2. The number of esters is 1. The molecule has 3 heterocycles. The SMILES string of the molecule is COC(=O)C1=C(C2CCN(S(=O)(=O)C3CC(C(=O)O)C3)CC2)NC(c2nccs2)=NC1c1ccc(F)c(F)c1C. The minimum Gasteiger partial charge on any atom is -0.481 e. The first-order valence-electron chi connectivity index (χ1n) is 12.8. The Hall–Kier alpha value is -3.23. The Labute approximate surface area is 233 Å². The number of carboxylic acids is 1. The molecule has 0 amide bonds. The van der Waals surface area contributed by atoms with Gasteiger partial charge in [-0.2, -0.15) is 0 Å². The van der Waals surface area contributed by atoms with Crippen LogP contribution in [-0.2, 0) is 24.3 Å². The lowest BCUT2D eigenvalue weighted by Gasteiger charge is -2.40. The molecule has 2 aliphatic heterocycles. The number of halogens is 2. The number of carboxylic acid groups (broad SMARTS) is 1. The molecule has 0 radical (unpaired) electrons. The molecule has 1 saturated heterocycles. The van der Waals surface area contributed by atoms with Gasteiger partial charge in [-0.1, -0.05) is 6.07 Å². The first kappa shape index (κ1) is 28.3. The lowest BCUT2D eigenvalue weighted by Crippen LogP contribution is -2.50. The molecule has 2 fully saturated rings. The molecule has 2 aromatic rings. The summed E-state index contributed by atoms with van der Waals surface area (Å²) in [5.74, 6) is -4.31. The number of ether oxygens (including phenoxy) is 1. The van der Waals surface area contributed by atoms with Crippen LogP contribution in [0.25, 0.3) is 0 Å². The van der Waals surface area contributed by atoms with Gasteiger partial charge in [0.15, 0.2) is 22.5 Å². The standard InChI is InChI=1S/C26H28F2N4O6S2/c1-13-17(3-4-18(27)20(13)28)22-19(26(35)38-2)21(30-23(31-22)24-29-7-10-39-24)14-5-8-32(9-6-14)40(36,37)16-11-15(12-16)25(33)34/h3-4,7,10,14-16,22H,5-6,8-9,11-12H2,1-2H3,(H,30,31)(H,33,34). The molecule has 14 heteroatoms.